The van der Waals surface area contributed by atoms with Crippen LogP contribution in [0.5, 0.6) is 0 Å². The van der Waals surface area contributed by atoms with Gasteiger partial charge in [0.05, 0.1) is 31.2 Å². The molecular formula is C24H37N7O. The SMILES string of the molecule is C=C/C(=C\C=C(/CC)N1CCOCC1)NC1=NCC(NC2CCCCC2)=C2NCN=C2N1. The van der Waals surface area contributed by atoms with Crippen molar-refractivity contribution < 1.29 is 4.74 Å². The van der Waals surface area contributed by atoms with Gasteiger partial charge in [-0.05, 0) is 37.5 Å². The number of hydrogen-bond acceptors (Lipinski definition) is 8. The maximum Gasteiger partial charge on any atom is 0.201 e. The minimum atomic E-state index is 0.529. The Balaban J connectivity index is 1.44. The van der Waals surface area contributed by atoms with Gasteiger partial charge in [0, 0.05) is 30.5 Å². The molecule has 0 aromatic rings. The van der Waals surface area contributed by atoms with Crippen LogP contribution in [0.4, 0.5) is 0 Å². The van der Waals surface area contributed by atoms with Crippen molar-refractivity contribution in [3.63, 3.8) is 0 Å². The number of ether oxygens (including phenoxy) is 1. The van der Waals surface area contributed by atoms with Crippen LogP contribution in [0, 0.1) is 0 Å². The highest BCUT2D eigenvalue weighted by Crippen LogP contribution is 2.20. The van der Waals surface area contributed by atoms with Crippen molar-refractivity contribution in [3.05, 3.63) is 47.6 Å². The Kier molecular flexibility index (Phi) is 7.87. The van der Waals surface area contributed by atoms with E-state index in [4.69, 9.17) is 9.73 Å². The standard InChI is InChI=1S/C24H37N7O/c1-3-18(10-11-20(4-2)31-12-14-32-15-13-31)29-24-25-16-21(22-23(30-24)27-17-26-22)28-19-8-6-5-7-9-19/h3,10-11,19,26,28H,1,4-9,12-17H2,2H3,(H2,25,27,29,30)/b18-10+,20-11+. The number of morpholine rings is 1. The van der Waals surface area contributed by atoms with Crippen molar-refractivity contribution in [1.82, 2.24) is 26.2 Å². The molecule has 4 rings (SSSR count). The third-order valence-electron chi connectivity index (χ3n) is 6.36. The molecule has 3 heterocycles. The highest BCUT2D eigenvalue weighted by Gasteiger charge is 2.24. The van der Waals surface area contributed by atoms with E-state index in [9.17, 15) is 0 Å². The van der Waals surface area contributed by atoms with Crippen molar-refractivity contribution >= 4 is 11.8 Å². The van der Waals surface area contributed by atoms with Crippen LogP contribution in [-0.2, 0) is 4.74 Å². The van der Waals surface area contributed by atoms with Crippen LogP contribution >= 0.6 is 0 Å². The lowest BCUT2D eigenvalue weighted by molar-refractivity contribution is 0.0524. The summed E-state index contributed by atoms with van der Waals surface area (Å²) >= 11 is 0. The summed E-state index contributed by atoms with van der Waals surface area (Å²) in [6.07, 6.45) is 13.4. The average Bonchev–Trinajstić information content (AvgIpc) is 3.24. The maximum atomic E-state index is 5.48. The number of rotatable bonds is 7. The van der Waals surface area contributed by atoms with Gasteiger partial charge in [0.2, 0.25) is 5.96 Å². The maximum absolute atomic E-state index is 5.48. The van der Waals surface area contributed by atoms with Gasteiger partial charge in [0.1, 0.15) is 6.67 Å². The molecule has 0 radical (unpaired) electrons. The molecule has 0 atom stereocenters. The summed E-state index contributed by atoms with van der Waals surface area (Å²) in [4.78, 5) is 11.8. The van der Waals surface area contributed by atoms with Gasteiger partial charge >= 0.3 is 0 Å². The van der Waals surface area contributed by atoms with E-state index < -0.39 is 0 Å². The summed E-state index contributed by atoms with van der Waals surface area (Å²) in [6.45, 7) is 10.8. The molecule has 0 spiro atoms. The number of amidine groups is 1. The molecule has 4 aliphatic rings. The van der Waals surface area contributed by atoms with Crippen LogP contribution in [-0.4, -0.2) is 62.3 Å². The molecule has 2 fully saturated rings. The zero-order chi connectivity index (χ0) is 22.2. The van der Waals surface area contributed by atoms with E-state index >= 15 is 0 Å². The Morgan fingerprint density at radius 1 is 1.19 bits per heavy atom. The summed E-state index contributed by atoms with van der Waals surface area (Å²) in [7, 11) is 0. The van der Waals surface area contributed by atoms with Crippen LogP contribution in [0.1, 0.15) is 45.4 Å². The number of nitrogens with zero attached hydrogens (tertiary/aromatic N) is 3. The van der Waals surface area contributed by atoms with Crippen molar-refractivity contribution in [2.75, 3.05) is 39.5 Å². The van der Waals surface area contributed by atoms with Crippen molar-refractivity contribution in [2.45, 2.75) is 51.5 Å². The lowest BCUT2D eigenvalue weighted by Gasteiger charge is -2.30. The molecule has 0 bridgehead atoms. The summed E-state index contributed by atoms with van der Waals surface area (Å²) < 4.78 is 5.48. The van der Waals surface area contributed by atoms with Crippen LogP contribution < -0.4 is 21.3 Å². The molecule has 0 aromatic carbocycles. The molecule has 3 aliphatic heterocycles. The molecule has 8 nitrogen and oxygen atoms in total. The molecule has 1 saturated carbocycles. The minimum Gasteiger partial charge on any atom is -0.382 e. The van der Waals surface area contributed by atoms with Gasteiger partial charge < -0.3 is 30.9 Å². The molecule has 0 aromatic heterocycles. The first-order chi connectivity index (χ1) is 15.8. The highest BCUT2D eigenvalue weighted by atomic mass is 16.5. The van der Waals surface area contributed by atoms with E-state index in [2.05, 4.69) is 56.8 Å². The minimum absolute atomic E-state index is 0.529. The molecule has 174 valence electrons. The van der Waals surface area contributed by atoms with Gasteiger partial charge in [0.25, 0.3) is 0 Å². The van der Waals surface area contributed by atoms with Crippen LogP contribution in [0.25, 0.3) is 0 Å². The Bertz CT molecular complexity index is 827. The van der Waals surface area contributed by atoms with E-state index in [0.717, 1.165) is 55.7 Å². The third-order valence-corrected chi connectivity index (χ3v) is 6.36. The van der Waals surface area contributed by atoms with Gasteiger partial charge in [-0.3, -0.25) is 0 Å². The van der Waals surface area contributed by atoms with E-state index in [-0.39, 0.29) is 0 Å². The number of allylic oxidation sites excluding steroid dienone is 4. The molecular weight excluding hydrogens is 402 g/mol. The fraction of sp³-hybridized carbons (Fsp3) is 0.583. The Morgan fingerprint density at radius 3 is 2.75 bits per heavy atom. The fourth-order valence-electron chi connectivity index (χ4n) is 4.56. The summed E-state index contributed by atoms with van der Waals surface area (Å²) in [6, 6.07) is 0.529. The monoisotopic (exact) mass is 439 g/mol. The van der Waals surface area contributed by atoms with Gasteiger partial charge in [-0.15, -0.1) is 0 Å². The van der Waals surface area contributed by atoms with E-state index in [1.165, 1.54) is 37.8 Å². The number of hydrogen-bond donors (Lipinski definition) is 4. The second kappa shape index (κ2) is 11.2. The zero-order valence-electron chi connectivity index (χ0n) is 19.3. The normalized spacial score (nSPS) is 22.8. The third kappa shape index (κ3) is 5.73. The smallest absolute Gasteiger partial charge is 0.201 e. The lowest BCUT2D eigenvalue weighted by Crippen LogP contribution is -2.40. The number of aliphatic imine (C=N–C) groups is 2. The predicted octanol–water partition coefficient (Wildman–Crippen LogP) is 2.32. The van der Waals surface area contributed by atoms with Crippen molar-refractivity contribution in [3.8, 4) is 0 Å². The first kappa shape index (κ1) is 22.5. The van der Waals surface area contributed by atoms with Gasteiger partial charge in [0.15, 0.2) is 5.84 Å². The highest BCUT2D eigenvalue weighted by molar-refractivity contribution is 6.10. The van der Waals surface area contributed by atoms with E-state index in [1.807, 2.05) is 6.08 Å². The fourth-order valence-corrected chi connectivity index (χ4v) is 4.56. The van der Waals surface area contributed by atoms with Crippen LogP contribution in [0.15, 0.2) is 57.6 Å². The zero-order valence-corrected chi connectivity index (χ0v) is 19.3. The molecule has 1 aliphatic carbocycles. The summed E-state index contributed by atoms with van der Waals surface area (Å²) in [5, 5.41) is 13.9. The molecule has 32 heavy (non-hydrogen) atoms. The lowest BCUT2D eigenvalue weighted by atomic mass is 9.95. The van der Waals surface area contributed by atoms with E-state index in [0.29, 0.717) is 25.2 Å². The topological polar surface area (TPSA) is 85.3 Å². The van der Waals surface area contributed by atoms with Crippen molar-refractivity contribution in [1.29, 1.82) is 0 Å². The molecule has 8 heteroatoms. The van der Waals surface area contributed by atoms with Crippen LogP contribution in [0.3, 0.4) is 0 Å². The molecule has 0 amide bonds. The quantitative estimate of drug-likeness (QED) is 0.456. The largest absolute Gasteiger partial charge is 0.382 e. The van der Waals surface area contributed by atoms with Gasteiger partial charge in [-0.2, -0.15) is 0 Å². The molecule has 4 N–H and O–H groups in total. The van der Waals surface area contributed by atoms with Crippen molar-refractivity contribution in [2.24, 2.45) is 9.98 Å². The van der Waals surface area contributed by atoms with E-state index in [1.54, 1.807) is 0 Å². The first-order valence-corrected chi connectivity index (χ1v) is 12.0. The van der Waals surface area contributed by atoms with Gasteiger partial charge in [-0.25, -0.2) is 9.98 Å². The number of nitrogens with one attached hydrogen (secondary N) is 4. The summed E-state index contributed by atoms with van der Waals surface area (Å²) in [5.41, 5.74) is 4.37. The Hall–Kier alpha value is -2.74. The van der Waals surface area contributed by atoms with Crippen LogP contribution in [0.2, 0.25) is 0 Å². The molecule has 1 saturated heterocycles. The number of guanidine groups is 1. The second-order valence-corrected chi connectivity index (χ2v) is 8.53. The average molecular weight is 440 g/mol. The second-order valence-electron chi connectivity index (χ2n) is 8.53. The first-order valence-electron chi connectivity index (χ1n) is 12.0. The summed E-state index contributed by atoms with van der Waals surface area (Å²) in [5.74, 6) is 1.53. The Labute approximate surface area is 191 Å². The predicted molar refractivity (Wildman–Crippen MR) is 130 cm³/mol. The van der Waals surface area contributed by atoms with Gasteiger partial charge in [-0.1, -0.05) is 32.8 Å². The Morgan fingerprint density at radius 2 is 2.00 bits per heavy atom. The number of fused-ring (bicyclic) bond motifs is 1. The molecule has 0 unspecified atom stereocenters.